The highest BCUT2D eigenvalue weighted by molar-refractivity contribution is 7.98. The van der Waals surface area contributed by atoms with Crippen LogP contribution in [0.1, 0.15) is 5.69 Å². The maximum absolute atomic E-state index is 13.2. The zero-order chi connectivity index (χ0) is 19.8. The number of pyridine rings is 1. The van der Waals surface area contributed by atoms with E-state index in [2.05, 4.69) is 9.97 Å². The molecule has 0 saturated carbocycles. The van der Waals surface area contributed by atoms with E-state index in [0.717, 1.165) is 17.5 Å². The maximum atomic E-state index is 13.2. The fraction of sp³-hybridized carbons (Fsp3) is 0.176. The molecule has 0 amide bonds. The Bertz CT molecular complexity index is 1060. The molecule has 0 saturated heterocycles. The van der Waals surface area contributed by atoms with Crippen molar-refractivity contribution in [2.45, 2.75) is 16.1 Å². The van der Waals surface area contributed by atoms with Gasteiger partial charge in [-0.2, -0.15) is 13.2 Å². The predicted molar refractivity (Wildman–Crippen MR) is 96.7 cm³/mol. The van der Waals surface area contributed by atoms with E-state index in [1.54, 1.807) is 12.1 Å². The topological polar surface area (TPSA) is 64.8 Å². The van der Waals surface area contributed by atoms with E-state index in [4.69, 9.17) is 0 Å². The van der Waals surface area contributed by atoms with E-state index < -0.39 is 21.7 Å². The minimum atomic E-state index is -4.61. The van der Waals surface area contributed by atoms with E-state index in [1.165, 1.54) is 46.8 Å². The largest absolute Gasteiger partial charge is 0.434 e. The van der Waals surface area contributed by atoms with Crippen molar-refractivity contribution in [1.82, 2.24) is 14.5 Å². The van der Waals surface area contributed by atoms with Crippen molar-refractivity contribution in [2.24, 2.45) is 0 Å². The summed E-state index contributed by atoms with van der Waals surface area (Å²) in [5, 5.41) is 0.727. The van der Waals surface area contributed by atoms with Crippen LogP contribution in [0.15, 0.2) is 58.7 Å². The molecule has 3 rings (SSSR count). The Hall–Kier alpha value is -2.33. The monoisotopic (exact) mass is 413 g/mol. The van der Waals surface area contributed by atoms with Crippen LogP contribution >= 0.6 is 11.8 Å². The summed E-state index contributed by atoms with van der Waals surface area (Å²) in [4.78, 5) is 7.98. The number of alkyl halides is 3. The third kappa shape index (κ3) is 4.16. The molecule has 0 N–H and O–H groups in total. The first kappa shape index (κ1) is 19.4. The summed E-state index contributed by atoms with van der Waals surface area (Å²) in [5.41, 5.74) is -0.275. The molecule has 0 unspecified atom stereocenters. The fourth-order valence-electron chi connectivity index (χ4n) is 2.40. The van der Waals surface area contributed by atoms with Crippen LogP contribution in [0.2, 0.25) is 0 Å². The van der Waals surface area contributed by atoms with Crippen molar-refractivity contribution in [2.75, 3.05) is 12.5 Å². The first-order valence-corrected chi connectivity index (χ1v) is 10.7. The molecule has 3 aromatic rings. The number of imidazole rings is 1. The molecule has 0 fully saturated rings. The summed E-state index contributed by atoms with van der Waals surface area (Å²) >= 11 is 1.41. The van der Waals surface area contributed by atoms with Crippen LogP contribution in [-0.4, -0.2) is 35.5 Å². The van der Waals surface area contributed by atoms with E-state index in [1.807, 2.05) is 6.26 Å². The van der Waals surface area contributed by atoms with Gasteiger partial charge < -0.3 is 0 Å². The molecule has 5 nitrogen and oxygen atoms in total. The lowest BCUT2D eigenvalue weighted by molar-refractivity contribution is -0.140. The molecule has 27 heavy (non-hydrogen) atoms. The zero-order valence-corrected chi connectivity index (χ0v) is 15.9. The summed E-state index contributed by atoms with van der Waals surface area (Å²) in [7, 11) is -3.41. The molecule has 0 aliphatic heterocycles. The van der Waals surface area contributed by atoms with E-state index in [9.17, 15) is 21.6 Å². The number of rotatable bonds is 4. The lowest BCUT2D eigenvalue weighted by Gasteiger charge is -2.09. The van der Waals surface area contributed by atoms with Crippen molar-refractivity contribution in [3.63, 3.8) is 0 Å². The van der Waals surface area contributed by atoms with Crippen molar-refractivity contribution in [3.05, 3.63) is 54.5 Å². The number of hydrogen-bond acceptors (Lipinski definition) is 5. The first-order valence-electron chi connectivity index (χ1n) is 7.57. The van der Waals surface area contributed by atoms with Gasteiger partial charge in [0.2, 0.25) is 0 Å². The Morgan fingerprint density at radius 3 is 2.22 bits per heavy atom. The Labute approximate surface area is 158 Å². The molecule has 2 aromatic heterocycles. The van der Waals surface area contributed by atoms with Crippen LogP contribution in [-0.2, 0) is 16.0 Å². The standard InChI is InChI=1S/C17H14F3N3O2S2/c1-26-15-8-3-11(9-21-15)16-22-14(17(18,19)20)10-23(16)12-4-6-13(7-5-12)27(2,24)25/h3-10H,1-2H3. The van der Waals surface area contributed by atoms with Gasteiger partial charge in [-0.1, -0.05) is 0 Å². The number of sulfone groups is 1. The number of thioether (sulfide) groups is 1. The molecule has 1 aromatic carbocycles. The Morgan fingerprint density at radius 2 is 1.74 bits per heavy atom. The van der Waals surface area contributed by atoms with Gasteiger partial charge in [-0.15, -0.1) is 11.8 Å². The number of benzene rings is 1. The highest BCUT2D eigenvalue weighted by atomic mass is 32.2. The van der Waals surface area contributed by atoms with Crippen LogP contribution in [0.25, 0.3) is 17.1 Å². The summed E-state index contributed by atoms with van der Waals surface area (Å²) < 4.78 is 64.0. The van der Waals surface area contributed by atoms with Crippen LogP contribution in [0.5, 0.6) is 0 Å². The van der Waals surface area contributed by atoms with Gasteiger partial charge in [0.05, 0.1) is 9.92 Å². The minimum Gasteiger partial charge on any atom is -0.299 e. The third-order valence-corrected chi connectivity index (χ3v) is 5.53. The normalized spacial score (nSPS) is 12.3. The first-order chi connectivity index (χ1) is 12.6. The molecule has 0 radical (unpaired) electrons. The molecule has 10 heteroatoms. The second-order valence-corrected chi connectivity index (χ2v) is 8.52. The SMILES string of the molecule is CSc1ccc(-c2nc(C(F)(F)F)cn2-c2ccc(S(C)(=O)=O)cc2)cn1. The molecular weight excluding hydrogens is 399 g/mol. The number of hydrogen-bond donors (Lipinski definition) is 0. The number of nitrogens with zero attached hydrogens (tertiary/aromatic N) is 3. The molecular formula is C17H14F3N3O2S2. The summed E-state index contributed by atoms with van der Waals surface area (Å²) in [6.45, 7) is 0. The molecule has 142 valence electrons. The minimum absolute atomic E-state index is 0.0644. The van der Waals surface area contributed by atoms with E-state index >= 15 is 0 Å². The average molecular weight is 413 g/mol. The van der Waals surface area contributed by atoms with E-state index in [0.29, 0.717) is 11.3 Å². The van der Waals surface area contributed by atoms with E-state index in [-0.39, 0.29) is 10.7 Å². The number of aromatic nitrogens is 3. The highest BCUT2D eigenvalue weighted by Crippen LogP contribution is 2.33. The highest BCUT2D eigenvalue weighted by Gasteiger charge is 2.35. The fourth-order valence-corrected chi connectivity index (χ4v) is 3.40. The molecule has 2 heterocycles. The molecule has 0 aliphatic rings. The van der Waals surface area contributed by atoms with Gasteiger partial charge in [0, 0.05) is 29.9 Å². The van der Waals surface area contributed by atoms with Gasteiger partial charge in [-0.25, -0.2) is 18.4 Å². The second kappa shape index (κ2) is 7.01. The molecule has 0 atom stereocenters. The van der Waals surface area contributed by atoms with Crippen molar-refractivity contribution in [3.8, 4) is 17.1 Å². The summed E-state index contributed by atoms with van der Waals surface area (Å²) in [5.74, 6) is 0.0644. The maximum Gasteiger partial charge on any atom is 0.434 e. The lowest BCUT2D eigenvalue weighted by Crippen LogP contribution is -2.05. The lowest BCUT2D eigenvalue weighted by atomic mass is 10.2. The van der Waals surface area contributed by atoms with Gasteiger partial charge in [0.25, 0.3) is 0 Å². The van der Waals surface area contributed by atoms with Crippen LogP contribution in [0.4, 0.5) is 13.2 Å². The van der Waals surface area contributed by atoms with Gasteiger partial charge >= 0.3 is 6.18 Å². The molecule has 0 aliphatic carbocycles. The van der Waals surface area contributed by atoms with Crippen LogP contribution < -0.4 is 0 Å². The van der Waals surface area contributed by atoms with Gasteiger partial charge in [-0.3, -0.25) is 4.57 Å². The quantitative estimate of drug-likeness (QED) is 0.603. The summed E-state index contributed by atoms with van der Waals surface area (Å²) in [6, 6.07) is 8.89. The zero-order valence-electron chi connectivity index (χ0n) is 14.2. The smallest absolute Gasteiger partial charge is 0.299 e. The Kier molecular flexibility index (Phi) is 5.04. The Morgan fingerprint density at radius 1 is 1.07 bits per heavy atom. The molecule has 0 bridgehead atoms. The second-order valence-electron chi connectivity index (χ2n) is 5.67. The van der Waals surface area contributed by atoms with Gasteiger partial charge in [0.1, 0.15) is 5.82 Å². The Balaban J connectivity index is 2.14. The summed E-state index contributed by atoms with van der Waals surface area (Å²) in [6.07, 6.45) is 0.627. The molecule has 0 spiro atoms. The van der Waals surface area contributed by atoms with Gasteiger partial charge in [-0.05, 0) is 42.7 Å². The average Bonchev–Trinajstić information content (AvgIpc) is 3.07. The predicted octanol–water partition coefficient (Wildman–Crippen LogP) is 4.08. The van der Waals surface area contributed by atoms with Crippen molar-refractivity contribution in [1.29, 1.82) is 0 Å². The van der Waals surface area contributed by atoms with Crippen molar-refractivity contribution < 1.29 is 21.6 Å². The van der Waals surface area contributed by atoms with Gasteiger partial charge in [0.15, 0.2) is 15.5 Å². The number of halogens is 3. The van der Waals surface area contributed by atoms with Crippen LogP contribution in [0.3, 0.4) is 0 Å². The third-order valence-electron chi connectivity index (χ3n) is 3.74. The van der Waals surface area contributed by atoms with Crippen LogP contribution in [0, 0.1) is 0 Å². The van der Waals surface area contributed by atoms with Crippen molar-refractivity contribution >= 4 is 21.6 Å².